The van der Waals surface area contributed by atoms with Gasteiger partial charge in [-0.15, -0.1) is 0 Å². The van der Waals surface area contributed by atoms with Gasteiger partial charge in [0.05, 0.1) is 11.6 Å². The van der Waals surface area contributed by atoms with Crippen molar-refractivity contribution in [2.75, 3.05) is 6.61 Å². The molecule has 0 unspecified atom stereocenters. The lowest BCUT2D eigenvalue weighted by Crippen LogP contribution is -2.24. The summed E-state index contributed by atoms with van der Waals surface area (Å²) < 4.78 is 12.6. The smallest absolute Gasteiger partial charge is 0.352 e. The Hall–Kier alpha value is -2.26. The van der Waals surface area contributed by atoms with E-state index in [1.54, 1.807) is 12.1 Å². The number of hydrogen-bond donors (Lipinski definition) is 2. The van der Waals surface area contributed by atoms with Gasteiger partial charge in [0.25, 0.3) is 0 Å². The van der Waals surface area contributed by atoms with Crippen LogP contribution in [0.25, 0.3) is 6.08 Å². The Labute approximate surface area is 181 Å². The molecule has 148 valence electrons. The molecule has 0 aliphatic heterocycles. The van der Waals surface area contributed by atoms with Gasteiger partial charge < -0.3 is 19.9 Å². The van der Waals surface area contributed by atoms with Gasteiger partial charge in [-0.1, -0.05) is 23.7 Å². The van der Waals surface area contributed by atoms with Gasteiger partial charge in [-0.25, -0.2) is 4.79 Å². The Bertz CT molecular complexity index is 913. The number of aliphatic carboxylic acids is 1. The van der Waals surface area contributed by atoms with Crippen molar-refractivity contribution in [3.63, 3.8) is 0 Å². The minimum absolute atomic E-state index is 0.265. The average Bonchev–Trinajstić information content (AvgIpc) is 2.60. The van der Waals surface area contributed by atoms with E-state index in [4.69, 9.17) is 21.1 Å². The number of nitrogens with one attached hydrogen (secondary N) is 1. The molecule has 0 aliphatic rings. The van der Waals surface area contributed by atoms with E-state index in [-0.39, 0.29) is 10.7 Å². The number of benzene rings is 2. The highest BCUT2D eigenvalue weighted by Gasteiger charge is 2.15. The molecule has 0 spiro atoms. The first-order valence-electron chi connectivity index (χ1n) is 8.36. The van der Waals surface area contributed by atoms with Crippen LogP contribution in [0.15, 0.2) is 42.1 Å². The normalized spacial score (nSPS) is 11.1. The molecule has 0 bridgehead atoms. The number of carboxylic acid groups (broad SMARTS) is 1. The van der Waals surface area contributed by atoms with Crippen molar-refractivity contribution in [3.05, 3.63) is 61.8 Å². The number of rotatable bonds is 8. The zero-order chi connectivity index (χ0) is 20.7. The minimum atomic E-state index is -1.26. The maximum absolute atomic E-state index is 11.3. The molecule has 0 heterocycles. The summed E-state index contributed by atoms with van der Waals surface area (Å²) in [6, 6.07) is 11.0. The van der Waals surface area contributed by atoms with Crippen LogP contribution in [0.4, 0.5) is 0 Å². The van der Waals surface area contributed by atoms with Crippen molar-refractivity contribution in [1.29, 1.82) is 0 Å². The zero-order valence-electron chi connectivity index (χ0n) is 15.3. The number of amides is 1. The standard InChI is InChI=1S/C20H19ClINO5/c1-3-27-18-10-14(9-17(20(25)26)23-12(2)24)8-16(21)19(18)28-11-13-5-4-6-15(22)7-13/h4-10H,3,11H2,1-2H3,(H,23,24)(H,25,26). The van der Waals surface area contributed by atoms with Crippen molar-refractivity contribution in [1.82, 2.24) is 5.32 Å². The summed E-state index contributed by atoms with van der Waals surface area (Å²) in [6.45, 7) is 3.73. The summed E-state index contributed by atoms with van der Waals surface area (Å²) in [5, 5.41) is 11.8. The fraction of sp³-hybridized carbons (Fsp3) is 0.200. The van der Waals surface area contributed by atoms with Gasteiger partial charge in [-0.05, 0) is 71.0 Å². The molecular formula is C20H19ClINO5. The Balaban J connectivity index is 2.34. The molecule has 1 amide bonds. The molecule has 0 aromatic heterocycles. The predicted octanol–water partition coefficient (Wildman–Crippen LogP) is 4.48. The van der Waals surface area contributed by atoms with Crippen LogP contribution in [0.2, 0.25) is 5.02 Å². The highest BCUT2D eigenvalue weighted by Crippen LogP contribution is 2.37. The van der Waals surface area contributed by atoms with E-state index in [1.807, 2.05) is 31.2 Å². The predicted molar refractivity (Wildman–Crippen MR) is 116 cm³/mol. The zero-order valence-corrected chi connectivity index (χ0v) is 18.2. The monoisotopic (exact) mass is 515 g/mol. The summed E-state index contributed by atoms with van der Waals surface area (Å²) in [6.07, 6.45) is 1.31. The largest absolute Gasteiger partial charge is 0.490 e. The fourth-order valence-electron chi connectivity index (χ4n) is 2.36. The number of carboxylic acids is 1. The van der Waals surface area contributed by atoms with Crippen LogP contribution in [0.3, 0.4) is 0 Å². The molecule has 28 heavy (non-hydrogen) atoms. The lowest BCUT2D eigenvalue weighted by molar-refractivity contribution is -0.134. The van der Waals surface area contributed by atoms with Gasteiger partial charge in [0.1, 0.15) is 12.3 Å². The van der Waals surface area contributed by atoms with E-state index in [0.717, 1.165) is 9.13 Å². The molecular weight excluding hydrogens is 497 g/mol. The van der Waals surface area contributed by atoms with E-state index >= 15 is 0 Å². The molecule has 0 saturated heterocycles. The molecule has 8 heteroatoms. The number of carbonyl (C=O) groups excluding carboxylic acids is 1. The van der Waals surface area contributed by atoms with Gasteiger partial charge in [0.15, 0.2) is 11.5 Å². The molecule has 6 nitrogen and oxygen atoms in total. The summed E-state index contributed by atoms with van der Waals surface area (Å²) in [5.74, 6) is -0.985. The van der Waals surface area contributed by atoms with Crippen molar-refractivity contribution in [2.45, 2.75) is 20.5 Å². The third-order valence-corrected chi connectivity index (χ3v) is 4.41. The number of hydrogen-bond acceptors (Lipinski definition) is 4. The van der Waals surface area contributed by atoms with Gasteiger partial charge in [-0.3, -0.25) is 4.79 Å². The van der Waals surface area contributed by atoms with Crippen LogP contribution < -0.4 is 14.8 Å². The summed E-state index contributed by atoms with van der Waals surface area (Å²) in [7, 11) is 0. The molecule has 2 rings (SSSR count). The molecule has 0 fully saturated rings. The average molecular weight is 516 g/mol. The quantitative estimate of drug-likeness (QED) is 0.400. The Morgan fingerprint density at radius 3 is 2.61 bits per heavy atom. The lowest BCUT2D eigenvalue weighted by atomic mass is 10.1. The minimum Gasteiger partial charge on any atom is -0.490 e. The van der Waals surface area contributed by atoms with Crippen LogP contribution >= 0.6 is 34.2 Å². The van der Waals surface area contributed by atoms with E-state index < -0.39 is 11.9 Å². The van der Waals surface area contributed by atoms with Crippen LogP contribution in [0.5, 0.6) is 11.5 Å². The summed E-state index contributed by atoms with van der Waals surface area (Å²) in [5.41, 5.74) is 1.17. The van der Waals surface area contributed by atoms with Gasteiger partial charge in [-0.2, -0.15) is 0 Å². The van der Waals surface area contributed by atoms with E-state index in [0.29, 0.717) is 30.3 Å². The second-order valence-electron chi connectivity index (χ2n) is 5.73. The summed E-state index contributed by atoms with van der Waals surface area (Å²) >= 11 is 8.59. The fourth-order valence-corrected chi connectivity index (χ4v) is 3.25. The van der Waals surface area contributed by atoms with Crippen molar-refractivity contribution in [3.8, 4) is 11.5 Å². The number of ether oxygens (including phenoxy) is 2. The summed E-state index contributed by atoms with van der Waals surface area (Å²) in [4.78, 5) is 22.5. The highest BCUT2D eigenvalue weighted by atomic mass is 127. The topological polar surface area (TPSA) is 84.9 Å². The Morgan fingerprint density at radius 1 is 1.25 bits per heavy atom. The SMILES string of the molecule is CCOc1cc(C=C(NC(C)=O)C(=O)O)cc(Cl)c1OCc1cccc(I)c1. The second kappa shape index (κ2) is 10.3. The van der Waals surface area contributed by atoms with Crippen molar-refractivity contribution < 1.29 is 24.2 Å². The first-order chi connectivity index (χ1) is 13.3. The maximum Gasteiger partial charge on any atom is 0.352 e. The molecule has 2 aromatic carbocycles. The third kappa shape index (κ3) is 6.42. The van der Waals surface area contributed by atoms with E-state index in [2.05, 4.69) is 27.9 Å². The molecule has 2 N–H and O–H groups in total. The van der Waals surface area contributed by atoms with Gasteiger partial charge >= 0.3 is 5.97 Å². The van der Waals surface area contributed by atoms with Crippen LogP contribution in [0, 0.1) is 3.57 Å². The maximum atomic E-state index is 11.3. The highest BCUT2D eigenvalue weighted by molar-refractivity contribution is 14.1. The molecule has 2 aromatic rings. The Kier molecular flexibility index (Phi) is 8.13. The van der Waals surface area contributed by atoms with Gasteiger partial charge in [0.2, 0.25) is 5.91 Å². The first kappa shape index (κ1) is 22.0. The third-order valence-electron chi connectivity index (χ3n) is 3.46. The van der Waals surface area contributed by atoms with Crippen LogP contribution in [-0.4, -0.2) is 23.6 Å². The van der Waals surface area contributed by atoms with E-state index in [1.165, 1.54) is 13.0 Å². The Morgan fingerprint density at radius 2 is 2.00 bits per heavy atom. The van der Waals surface area contributed by atoms with Crippen molar-refractivity contribution >= 4 is 52.1 Å². The second-order valence-corrected chi connectivity index (χ2v) is 7.38. The van der Waals surface area contributed by atoms with Gasteiger partial charge in [0, 0.05) is 10.5 Å². The first-order valence-corrected chi connectivity index (χ1v) is 9.82. The lowest BCUT2D eigenvalue weighted by Gasteiger charge is -2.15. The number of carbonyl (C=O) groups is 2. The molecule has 0 atom stereocenters. The molecule has 0 radical (unpaired) electrons. The van der Waals surface area contributed by atoms with E-state index in [9.17, 15) is 14.7 Å². The number of halogens is 2. The molecule has 0 saturated carbocycles. The van der Waals surface area contributed by atoms with Crippen LogP contribution in [0.1, 0.15) is 25.0 Å². The molecule has 0 aliphatic carbocycles. The van der Waals surface area contributed by atoms with Crippen LogP contribution in [-0.2, 0) is 16.2 Å². The van der Waals surface area contributed by atoms with Crippen molar-refractivity contribution in [2.24, 2.45) is 0 Å².